The summed E-state index contributed by atoms with van der Waals surface area (Å²) in [5.74, 6) is -3.32. The van der Waals surface area contributed by atoms with Gasteiger partial charge in [-0.1, -0.05) is 0 Å². The normalized spacial score (nSPS) is 33.0. The van der Waals surface area contributed by atoms with Crippen molar-refractivity contribution in [3.8, 4) is 40.1 Å². The number of fused-ring (bicyclic) bond motifs is 1. The molecule has 2 aliphatic heterocycles. The van der Waals surface area contributed by atoms with E-state index < -0.39 is 108 Å². The number of phenols is 3. The van der Waals surface area contributed by atoms with Gasteiger partial charge in [0, 0.05) is 17.7 Å². The minimum atomic E-state index is -1.82. The number of benzene rings is 2. The monoisotopic (exact) mass is 610 g/mol. The summed E-state index contributed by atoms with van der Waals surface area (Å²) in [4.78, 5) is 12.9. The summed E-state index contributed by atoms with van der Waals surface area (Å²) in [5.41, 5.74) is -1.36. The van der Waals surface area contributed by atoms with Gasteiger partial charge in [0.05, 0.1) is 12.7 Å². The highest BCUT2D eigenvalue weighted by Gasteiger charge is 2.51. The molecule has 10 unspecified atom stereocenters. The van der Waals surface area contributed by atoms with Crippen molar-refractivity contribution in [2.24, 2.45) is 0 Å². The van der Waals surface area contributed by atoms with E-state index in [0.29, 0.717) is 0 Å². The third kappa shape index (κ3) is 5.55. The van der Waals surface area contributed by atoms with Crippen LogP contribution in [0.5, 0.6) is 28.7 Å². The first-order chi connectivity index (χ1) is 20.3. The van der Waals surface area contributed by atoms with Crippen molar-refractivity contribution < 1.29 is 74.4 Å². The first kappa shape index (κ1) is 30.7. The molecule has 0 bridgehead atoms. The molecule has 16 heteroatoms. The van der Waals surface area contributed by atoms with Gasteiger partial charge < -0.3 is 74.4 Å². The van der Waals surface area contributed by atoms with Gasteiger partial charge in [-0.2, -0.15) is 0 Å². The van der Waals surface area contributed by atoms with E-state index in [1.165, 1.54) is 13.0 Å². The Morgan fingerprint density at radius 3 is 2.19 bits per heavy atom. The standard InChI is InChI=1S/C27H30O16/c1-8-17(32)20(35)23(38)26(39-8)43-25-21(36)18(33)15(7-28)42-27(25)40-10-5-13(31)16-14(6-10)41-24(22(37)19(16)34)9-2-3-11(29)12(30)4-9/h2-6,8,15,17-18,20-21,23,25-33,35-38H,7H2,1H3. The number of phenolic OH excluding ortho intramolecular Hbond substituents is 3. The molecule has 0 radical (unpaired) electrons. The van der Waals surface area contributed by atoms with Crippen LogP contribution in [0.15, 0.2) is 39.5 Å². The van der Waals surface area contributed by atoms with Gasteiger partial charge in [0.25, 0.3) is 0 Å². The van der Waals surface area contributed by atoms with E-state index in [0.717, 1.165) is 24.3 Å². The Balaban J connectivity index is 1.51. The fraction of sp³-hybridized carbons (Fsp3) is 0.444. The summed E-state index contributed by atoms with van der Waals surface area (Å²) in [6, 6.07) is 5.43. The largest absolute Gasteiger partial charge is 0.507 e. The van der Waals surface area contributed by atoms with Crippen LogP contribution in [0, 0.1) is 0 Å². The van der Waals surface area contributed by atoms with Gasteiger partial charge in [0.2, 0.25) is 17.5 Å². The Morgan fingerprint density at radius 2 is 1.51 bits per heavy atom. The third-order valence-corrected chi connectivity index (χ3v) is 7.34. The highest BCUT2D eigenvalue weighted by Crippen LogP contribution is 2.39. The van der Waals surface area contributed by atoms with E-state index in [1.807, 2.05) is 0 Å². The lowest BCUT2D eigenvalue weighted by molar-refractivity contribution is -0.354. The van der Waals surface area contributed by atoms with E-state index in [9.17, 15) is 55.9 Å². The lowest BCUT2D eigenvalue weighted by Gasteiger charge is -2.45. The molecule has 0 amide bonds. The zero-order valence-electron chi connectivity index (χ0n) is 22.3. The first-order valence-electron chi connectivity index (χ1n) is 13.0. The number of aliphatic hydroxyl groups is 6. The van der Waals surface area contributed by atoms with Crippen molar-refractivity contribution in [3.05, 3.63) is 40.6 Å². The van der Waals surface area contributed by atoms with Crippen molar-refractivity contribution in [1.29, 1.82) is 0 Å². The molecule has 3 aromatic rings. The average molecular weight is 611 g/mol. The summed E-state index contributed by atoms with van der Waals surface area (Å²) in [6.45, 7) is 0.626. The smallest absolute Gasteiger partial charge is 0.238 e. The summed E-state index contributed by atoms with van der Waals surface area (Å²) in [5, 5.41) is 102. The number of aromatic hydroxyl groups is 4. The fourth-order valence-corrected chi connectivity index (χ4v) is 4.90. The zero-order valence-corrected chi connectivity index (χ0v) is 22.3. The molecule has 0 saturated carbocycles. The molecule has 0 spiro atoms. The summed E-state index contributed by atoms with van der Waals surface area (Å²) in [7, 11) is 0. The van der Waals surface area contributed by atoms with Crippen LogP contribution >= 0.6 is 0 Å². The van der Waals surface area contributed by atoms with E-state index >= 15 is 0 Å². The van der Waals surface area contributed by atoms with Crippen LogP contribution in [0.4, 0.5) is 0 Å². The van der Waals surface area contributed by atoms with Gasteiger partial charge >= 0.3 is 0 Å². The molecular formula is C27H30O16. The summed E-state index contributed by atoms with van der Waals surface area (Å²) < 4.78 is 28.1. The van der Waals surface area contributed by atoms with Crippen LogP contribution in [0.25, 0.3) is 22.3 Å². The Morgan fingerprint density at radius 1 is 0.791 bits per heavy atom. The second-order valence-electron chi connectivity index (χ2n) is 10.2. The van der Waals surface area contributed by atoms with E-state index in [2.05, 4.69) is 0 Å². The van der Waals surface area contributed by atoms with Crippen molar-refractivity contribution in [1.82, 2.24) is 0 Å². The molecule has 0 aliphatic carbocycles. The molecular weight excluding hydrogens is 580 g/mol. The van der Waals surface area contributed by atoms with Gasteiger partial charge in [-0.25, -0.2) is 0 Å². The highest BCUT2D eigenvalue weighted by molar-refractivity contribution is 5.88. The summed E-state index contributed by atoms with van der Waals surface area (Å²) in [6.07, 6.45) is -15.8. The van der Waals surface area contributed by atoms with E-state index in [-0.39, 0.29) is 16.9 Å². The molecule has 1 aromatic heterocycles. The molecule has 2 aliphatic rings. The van der Waals surface area contributed by atoms with Gasteiger partial charge in [-0.3, -0.25) is 4.79 Å². The minimum Gasteiger partial charge on any atom is -0.507 e. The number of aliphatic hydroxyl groups excluding tert-OH is 6. The van der Waals surface area contributed by atoms with Gasteiger partial charge in [-0.05, 0) is 25.1 Å². The Bertz CT molecular complexity index is 1540. The topological polar surface area (TPSA) is 269 Å². The van der Waals surface area contributed by atoms with Crippen LogP contribution in [-0.4, -0.2) is 119 Å². The van der Waals surface area contributed by atoms with Crippen molar-refractivity contribution in [2.45, 2.75) is 68.3 Å². The van der Waals surface area contributed by atoms with Crippen molar-refractivity contribution >= 4 is 11.0 Å². The zero-order chi connectivity index (χ0) is 31.3. The molecule has 5 rings (SSSR count). The van der Waals surface area contributed by atoms with E-state index in [1.54, 1.807) is 0 Å². The first-order valence-corrected chi connectivity index (χ1v) is 13.0. The van der Waals surface area contributed by atoms with Gasteiger partial charge in [0.1, 0.15) is 59.1 Å². The maximum atomic E-state index is 12.9. The Labute approximate surface area is 241 Å². The number of rotatable bonds is 6. The second kappa shape index (κ2) is 11.8. The maximum Gasteiger partial charge on any atom is 0.238 e. The average Bonchev–Trinajstić information content (AvgIpc) is 2.97. The van der Waals surface area contributed by atoms with Crippen LogP contribution in [0.3, 0.4) is 0 Å². The fourth-order valence-electron chi connectivity index (χ4n) is 4.90. The molecule has 10 N–H and O–H groups in total. The summed E-state index contributed by atoms with van der Waals surface area (Å²) >= 11 is 0. The molecule has 43 heavy (non-hydrogen) atoms. The minimum absolute atomic E-state index is 0.00263. The predicted octanol–water partition coefficient (Wildman–Crippen LogP) is -1.69. The molecule has 10 atom stereocenters. The van der Waals surface area contributed by atoms with Crippen LogP contribution < -0.4 is 10.2 Å². The van der Waals surface area contributed by atoms with Crippen molar-refractivity contribution in [2.75, 3.05) is 6.61 Å². The van der Waals surface area contributed by atoms with Crippen molar-refractivity contribution in [3.63, 3.8) is 0 Å². The lowest BCUT2D eigenvalue weighted by atomic mass is 9.97. The molecule has 3 heterocycles. The quantitative estimate of drug-likeness (QED) is 0.140. The third-order valence-electron chi connectivity index (χ3n) is 7.34. The lowest BCUT2D eigenvalue weighted by Crippen LogP contribution is -2.64. The Kier molecular flexibility index (Phi) is 8.41. The van der Waals surface area contributed by atoms with Crippen LogP contribution in [0.2, 0.25) is 0 Å². The van der Waals surface area contributed by atoms with Gasteiger partial charge in [-0.15, -0.1) is 0 Å². The molecule has 2 aromatic carbocycles. The van der Waals surface area contributed by atoms with Gasteiger partial charge in [0.15, 0.2) is 29.7 Å². The van der Waals surface area contributed by atoms with Crippen LogP contribution in [-0.2, 0) is 14.2 Å². The van der Waals surface area contributed by atoms with Crippen LogP contribution in [0.1, 0.15) is 6.92 Å². The molecule has 2 saturated heterocycles. The highest BCUT2D eigenvalue weighted by atomic mass is 16.8. The molecule has 16 nitrogen and oxygen atoms in total. The number of ether oxygens (including phenoxy) is 4. The van der Waals surface area contributed by atoms with E-state index in [4.69, 9.17) is 23.4 Å². The SMILES string of the molecule is CC1OC(OC2C(Oc3cc(O)c4c(=O)c(O)c(-c5ccc(O)c(O)c5)oc4c3)OC(CO)C(O)C2O)C(O)C(O)C1O. The molecule has 234 valence electrons. The number of hydrogen-bond acceptors (Lipinski definition) is 16. The predicted molar refractivity (Wildman–Crippen MR) is 140 cm³/mol. The second-order valence-corrected chi connectivity index (χ2v) is 10.2. The number of hydrogen-bond donors (Lipinski definition) is 10. The maximum absolute atomic E-state index is 12.9. The molecule has 2 fully saturated rings. The Hall–Kier alpha value is -3.71.